The molecule has 264 valence electrons. The van der Waals surface area contributed by atoms with Gasteiger partial charge in [0.1, 0.15) is 17.7 Å². The molecular weight excluding hydrogens is 676 g/mol. The third kappa shape index (κ3) is 8.49. The second-order valence-corrected chi connectivity index (χ2v) is 14.2. The minimum Gasteiger partial charge on any atom is -0.480 e. The topological polar surface area (TPSA) is 186 Å². The molecule has 3 aromatic carbocycles. The first-order valence-corrected chi connectivity index (χ1v) is 16.6. The number of aryl methyl sites for hydroxylation is 2. The zero-order valence-corrected chi connectivity index (χ0v) is 28.5. The summed E-state index contributed by atoms with van der Waals surface area (Å²) in [5.41, 5.74) is -1.71. The summed E-state index contributed by atoms with van der Waals surface area (Å²) >= 11 is 0. The molecule has 0 radical (unpaired) electrons. The fraction of sp³-hybridized carbons (Fsp3) is 0.265. The van der Waals surface area contributed by atoms with Gasteiger partial charge in [0, 0.05) is 36.0 Å². The first-order valence-electron chi connectivity index (χ1n) is 15.1. The fourth-order valence-corrected chi connectivity index (χ4v) is 5.69. The van der Waals surface area contributed by atoms with Crippen molar-refractivity contribution in [1.29, 1.82) is 0 Å². The number of aromatic nitrogens is 2. The van der Waals surface area contributed by atoms with Gasteiger partial charge in [-0.15, -0.1) is 0 Å². The number of benzene rings is 3. The van der Waals surface area contributed by atoms with Gasteiger partial charge in [0.05, 0.1) is 21.8 Å². The molecular formula is C34H35F2N5O8S. The van der Waals surface area contributed by atoms with E-state index in [0.29, 0.717) is 34.8 Å². The number of nitrogens with one attached hydrogen (secondary N) is 3. The molecule has 0 aliphatic rings. The Labute approximate surface area is 285 Å². The molecule has 4 N–H and O–H groups in total. The van der Waals surface area contributed by atoms with Crippen LogP contribution in [-0.2, 0) is 33.1 Å². The molecule has 50 heavy (non-hydrogen) atoms. The molecule has 0 bridgehead atoms. The second kappa shape index (κ2) is 14.5. The highest BCUT2D eigenvalue weighted by Crippen LogP contribution is 2.25. The lowest BCUT2D eigenvalue weighted by Gasteiger charge is -2.18. The molecule has 4 aromatic rings. The predicted molar refractivity (Wildman–Crippen MR) is 181 cm³/mol. The first kappa shape index (κ1) is 37.2. The van der Waals surface area contributed by atoms with Crippen molar-refractivity contribution in [3.05, 3.63) is 116 Å². The van der Waals surface area contributed by atoms with Crippen molar-refractivity contribution in [1.82, 2.24) is 14.5 Å². The normalized spacial score (nSPS) is 12.2. The molecule has 0 fully saturated rings. The van der Waals surface area contributed by atoms with Gasteiger partial charge in [0.2, 0.25) is 5.91 Å². The van der Waals surface area contributed by atoms with Crippen LogP contribution in [0.5, 0.6) is 0 Å². The van der Waals surface area contributed by atoms with Crippen molar-refractivity contribution < 1.29 is 36.7 Å². The standard InChI is InChI=1S/C34H35F2N5O8S/c1-19-16-29(42)41(33(47)40(19)5)22-11-6-20(7-12-22)8-15-27(31(44)45)38-30(43)24-17-26(36)28(18-25(24)35)39-50(48,49)23-13-9-21(10-14-23)37-32(46)34(2,3)4/h6-7,9-14,16-18,27,39H,8,15H2,1-5H3,(H,37,46)(H,38,43)(H,44,45)/t27-/m0/s1. The van der Waals surface area contributed by atoms with E-state index < -0.39 is 67.5 Å². The van der Waals surface area contributed by atoms with E-state index in [1.165, 1.54) is 41.9 Å². The number of aliphatic carboxylic acids is 1. The Hall–Kier alpha value is -5.64. The average molecular weight is 712 g/mol. The summed E-state index contributed by atoms with van der Waals surface area (Å²) in [4.78, 5) is 61.6. The van der Waals surface area contributed by atoms with E-state index in [0.717, 1.165) is 16.7 Å². The Bertz CT molecular complexity index is 2190. The number of rotatable bonds is 11. The molecule has 0 aliphatic carbocycles. The van der Waals surface area contributed by atoms with E-state index in [9.17, 15) is 41.9 Å². The summed E-state index contributed by atoms with van der Waals surface area (Å²) in [5.74, 6) is -5.62. The lowest BCUT2D eigenvalue weighted by Crippen LogP contribution is -2.41. The summed E-state index contributed by atoms with van der Waals surface area (Å²) in [6.45, 7) is 6.72. The number of amides is 2. The van der Waals surface area contributed by atoms with Crippen LogP contribution in [0.1, 0.15) is 48.8 Å². The molecule has 1 aromatic heterocycles. The highest BCUT2D eigenvalue weighted by atomic mass is 32.2. The fourth-order valence-electron chi connectivity index (χ4n) is 4.63. The van der Waals surface area contributed by atoms with Crippen LogP contribution in [0.15, 0.2) is 81.2 Å². The Morgan fingerprint density at radius 2 is 1.54 bits per heavy atom. The highest BCUT2D eigenvalue weighted by molar-refractivity contribution is 7.92. The zero-order chi connectivity index (χ0) is 37.1. The number of carbonyl (C=O) groups excluding carboxylic acids is 2. The van der Waals surface area contributed by atoms with E-state index in [1.54, 1.807) is 39.8 Å². The molecule has 16 heteroatoms. The molecule has 13 nitrogen and oxygen atoms in total. The number of sulfonamides is 1. The van der Waals surface area contributed by atoms with Gasteiger partial charge in [-0.25, -0.2) is 31.4 Å². The number of hydrogen-bond acceptors (Lipinski definition) is 7. The van der Waals surface area contributed by atoms with Crippen molar-refractivity contribution in [2.24, 2.45) is 12.5 Å². The molecule has 4 rings (SSSR count). The largest absolute Gasteiger partial charge is 0.480 e. The van der Waals surface area contributed by atoms with Crippen LogP contribution in [0.2, 0.25) is 0 Å². The van der Waals surface area contributed by atoms with Crippen LogP contribution >= 0.6 is 0 Å². The molecule has 0 spiro atoms. The first-order chi connectivity index (χ1) is 23.3. The smallest absolute Gasteiger partial charge is 0.335 e. The van der Waals surface area contributed by atoms with Gasteiger partial charge in [0.25, 0.3) is 21.5 Å². The van der Waals surface area contributed by atoms with Gasteiger partial charge < -0.3 is 20.3 Å². The van der Waals surface area contributed by atoms with E-state index in [2.05, 4.69) is 10.6 Å². The van der Waals surface area contributed by atoms with E-state index in [4.69, 9.17) is 0 Å². The number of halogens is 2. The zero-order valence-electron chi connectivity index (χ0n) is 27.7. The summed E-state index contributed by atoms with van der Waals surface area (Å²) in [5, 5.41) is 14.5. The van der Waals surface area contributed by atoms with E-state index >= 15 is 4.39 Å². The molecule has 0 unspecified atom stereocenters. The molecule has 0 saturated carbocycles. The van der Waals surface area contributed by atoms with Gasteiger partial charge in [-0.2, -0.15) is 0 Å². The van der Waals surface area contributed by atoms with Crippen molar-refractivity contribution >= 4 is 39.2 Å². The van der Waals surface area contributed by atoms with Crippen LogP contribution in [0.3, 0.4) is 0 Å². The molecule has 0 saturated heterocycles. The molecule has 2 amide bonds. The molecule has 0 aliphatic heterocycles. The number of nitrogens with zero attached hydrogens (tertiary/aromatic N) is 2. The number of hydrogen-bond donors (Lipinski definition) is 4. The van der Waals surface area contributed by atoms with Gasteiger partial charge in [-0.05, 0) is 67.8 Å². The van der Waals surface area contributed by atoms with Crippen LogP contribution < -0.4 is 26.6 Å². The van der Waals surface area contributed by atoms with Crippen molar-refractivity contribution in [2.45, 2.75) is 51.5 Å². The Balaban J connectivity index is 1.43. The Morgan fingerprint density at radius 1 is 0.920 bits per heavy atom. The lowest BCUT2D eigenvalue weighted by atomic mass is 9.95. The minimum absolute atomic E-state index is 0.111. The van der Waals surface area contributed by atoms with E-state index in [-0.39, 0.29) is 23.6 Å². The maximum atomic E-state index is 15.0. The highest BCUT2D eigenvalue weighted by Gasteiger charge is 2.26. The second-order valence-electron chi connectivity index (χ2n) is 12.5. The van der Waals surface area contributed by atoms with Crippen molar-refractivity contribution in [3.63, 3.8) is 0 Å². The quantitative estimate of drug-likeness (QED) is 0.181. The van der Waals surface area contributed by atoms with Crippen molar-refractivity contribution in [2.75, 3.05) is 10.0 Å². The lowest BCUT2D eigenvalue weighted by molar-refractivity contribution is -0.139. The van der Waals surface area contributed by atoms with Crippen molar-refractivity contribution in [3.8, 4) is 5.69 Å². The molecule has 1 atom stereocenters. The third-order valence-corrected chi connectivity index (χ3v) is 9.11. The van der Waals surface area contributed by atoms with Crippen LogP contribution in [0.4, 0.5) is 20.2 Å². The Kier molecular flexibility index (Phi) is 10.8. The SMILES string of the molecule is Cc1cc(=O)n(-c2ccc(CC[C@H](NC(=O)c3cc(F)c(NS(=O)(=O)c4ccc(NC(=O)C(C)(C)C)cc4)cc3F)C(=O)O)cc2)c(=O)n1C. The van der Waals surface area contributed by atoms with Crippen LogP contribution in [-0.4, -0.2) is 46.5 Å². The van der Waals surface area contributed by atoms with Crippen LogP contribution in [0, 0.1) is 24.0 Å². The summed E-state index contributed by atoms with van der Waals surface area (Å²) < 4.78 is 60.0. The molecule has 1 heterocycles. The predicted octanol–water partition coefficient (Wildman–Crippen LogP) is 3.72. The van der Waals surface area contributed by atoms with Gasteiger partial charge in [0.15, 0.2) is 0 Å². The maximum Gasteiger partial charge on any atom is 0.335 e. The summed E-state index contributed by atoms with van der Waals surface area (Å²) in [6, 6.07) is 11.9. The van der Waals surface area contributed by atoms with Gasteiger partial charge in [-0.1, -0.05) is 32.9 Å². The summed E-state index contributed by atoms with van der Waals surface area (Å²) in [6.07, 6.45) is -0.0485. The third-order valence-electron chi connectivity index (χ3n) is 7.73. The maximum absolute atomic E-state index is 15.0. The number of carbonyl (C=O) groups is 3. The monoisotopic (exact) mass is 711 g/mol. The summed E-state index contributed by atoms with van der Waals surface area (Å²) in [7, 11) is -2.90. The number of anilines is 2. The number of carboxylic acids is 1. The van der Waals surface area contributed by atoms with Gasteiger partial charge in [-0.3, -0.25) is 19.1 Å². The Morgan fingerprint density at radius 3 is 2.12 bits per heavy atom. The van der Waals surface area contributed by atoms with Gasteiger partial charge >= 0.3 is 11.7 Å². The number of carboxylic acid groups (broad SMARTS) is 1. The van der Waals surface area contributed by atoms with Crippen LogP contribution in [0.25, 0.3) is 5.69 Å². The van der Waals surface area contributed by atoms with E-state index in [1.807, 2.05) is 4.72 Å². The average Bonchev–Trinajstić information content (AvgIpc) is 3.03. The minimum atomic E-state index is -4.43.